The van der Waals surface area contributed by atoms with Crippen LogP contribution in [0.3, 0.4) is 0 Å². The minimum atomic E-state index is -4.96. The molecule has 0 spiro atoms. The van der Waals surface area contributed by atoms with Crippen LogP contribution in [0.1, 0.15) is 67.9 Å². The molecule has 4 nitrogen and oxygen atoms in total. The van der Waals surface area contributed by atoms with Crippen LogP contribution in [0.2, 0.25) is 0 Å². The highest BCUT2D eigenvalue weighted by molar-refractivity contribution is 5.71. The van der Waals surface area contributed by atoms with E-state index in [4.69, 9.17) is 9.47 Å². The zero-order valence-corrected chi connectivity index (χ0v) is 20.5. The quantitative estimate of drug-likeness (QED) is 0.255. The highest BCUT2D eigenvalue weighted by Crippen LogP contribution is 2.41. The van der Waals surface area contributed by atoms with Gasteiger partial charge in [-0.25, -0.2) is 4.79 Å². The third-order valence-electron chi connectivity index (χ3n) is 6.32. The normalized spacial score (nSPS) is 19.1. The second kappa shape index (κ2) is 11.6. The molecule has 0 unspecified atom stereocenters. The first kappa shape index (κ1) is 28.6. The molecule has 0 aliphatic carbocycles. The molecule has 10 heteroatoms. The van der Waals surface area contributed by atoms with Crippen molar-refractivity contribution in [2.75, 3.05) is 13.2 Å². The molecule has 37 heavy (non-hydrogen) atoms. The Balaban J connectivity index is 1.95. The molecule has 0 fully saturated rings. The van der Waals surface area contributed by atoms with Crippen LogP contribution in [0, 0.1) is 0 Å². The highest BCUT2D eigenvalue weighted by Gasteiger charge is 2.43. The van der Waals surface area contributed by atoms with Crippen molar-refractivity contribution >= 4 is 6.09 Å². The number of allylic oxidation sites excluding steroid dienone is 1. The third kappa shape index (κ3) is 6.85. The summed E-state index contributed by atoms with van der Waals surface area (Å²) in [6.45, 7) is 3.38. The molecule has 2 aromatic carbocycles. The minimum Gasteiger partial charge on any atom is -0.449 e. The van der Waals surface area contributed by atoms with Crippen LogP contribution in [0.15, 0.2) is 60.8 Å². The summed E-state index contributed by atoms with van der Waals surface area (Å²) in [7, 11) is 0. The van der Waals surface area contributed by atoms with Crippen LogP contribution >= 0.6 is 0 Å². The van der Waals surface area contributed by atoms with Gasteiger partial charge in [0, 0.05) is 6.20 Å². The fraction of sp³-hybridized carbons (Fsp3) is 0.444. The number of halogens is 6. The zero-order valence-electron chi connectivity index (χ0n) is 20.5. The zero-order chi connectivity index (χ0) is 27.3. The van der Waals surface area contributed by atoms with Crippen LogP contribution in [0.4, 0.5) is 31.1 Å². The Kier molecular flexibility index (Phi) is 8.94. The maximum Gasteiger partial charge on any atom is 0.416 e. The number of benzene rings is 2. The molecule has 2 atom stereocenters. The van der Waals surface area contributed by atoms with Crippen LogP contribution in [-0.4, -0.2) is 24.2 Å². The van der Waals surface area contributed by atoms with Gasteiger partial charge in [-0.2, -0.15) is 26.3 Å². The smallest absolute Gasteiger partial charge is 0.416 e. The molecule has 2 aromatic rings. The largest absolute Gasteiger partial charge is 0.449 e. The number of unbranched alkanes of at least 4 members (excludes halogenated alkanes) is 1. The predicted octanol–water partition coefficient (Wildman–Crippen LogP) is 8.24. The lowest BCUT2D eigenvalue weighted by atomic mass is 9.82. The van der Waals surface area contributed by atoms with Gasteiger partial charge in [-0.1, -0.05) is 49.8 Å². The number of nitrogens with zero attached hydrogens (tertiary/aromatic N) is 1. The summed E-state index contributed by atoms with van der Waals surface area (Å²) >= 11 is 0. The van der Waals surface area contributed by atoms with Gasteiger partial charge in [0.15, 0.2) is 0 Å². The molecular weight excluding hydrogens is 500 g/mol. The summed E-state index contributed by atoms with van der Waals surface area (Å²) in [4.78, 5) is 14.4. The first-order valence-electron chi connectivity index (χ1n) is 12.0. The summed E-state index contributed by atoms with van der Waals surface area (Å²) in [5.74, 6) is 0. The van der Waals surface area contributed by atoms with Crippen molar-refractivity contribution in [3.63, 3.8) is 0 Å². The molecule has 0 aromatic heterocycles. The number of hydrogen-bond acceptors (Lipinski definition) is 3. The predicted molar refractivity (Wildman–Crippen MR) is 125 cm³/mol. The van der Waals surface area contributed by atoms with Crippen LogP contribution in [-0.2, 0) is 27.4 Å². The monoisotopic (exact) mass is 529 g/mol. The Morgan fingerprint density at radius 1 is 1.03 bits per heavy atom. The van der Waals surface area contributed by atoms with Crippen LogP contribution < -0.4 is 0 Å². The summed E-state index contributed by atoms with van der Waals surface area (Å²) in [5, 5.41) is 0. The summed E-state index contributed by atoms with van der Waals surface area (Å²) in [6.07, 6.45) is -5.79. The average Bonchev–Trinajstić information content (AvgIpc) is 2.86. The van der Waals surface area contributed by atoms with Gasteiger partial charge in [0.2, 0.25) is 0 Å². The Morgan fingerprint density at radius 3 is 2.22 bits per heavy atom. The van der Waals surface area contributed by atoms with Crippen molar-refractivity contribution in [3.8, 4) is 0 Å². The van der Waals surface area contributed by atoms with Crippen molar-refractivity contribution in [3.05, 3.63) is 83.1 Å². The number of carbonyl (C=O) groups excluding carboxylic acids is 1. The van der Waals surface area contributed by atoms with E-state index in [1.165, 1.54) is 11.8 Å². The standard InChI is InChI=1S/C27H29F6NO3/c1-3-4-14-36-24(35)34-13-9-8-12-25(34,21-10-6-5-7-11-21)18-37-19(2)20-15-22(26(28,29)30)17-23(16-20)27(31,32)33/h5-7,9-11,13,15-17,19H,3-4,8,12,14,18H2,1-2H3/t19-,25-/m1/s1. The number of hydrogen-bond donors (Lipinski definition) is 0. The number of amides is 1. The number of alkyl halides is 6. The van der Waals surface area contributed by atoms with Crippen molar-refractivity contribution in [1.29, 1.82) is 0 Å². The van der Waals surface area contributed by atoms with E-state index < -0.39 is 41.2 Å². The van der Waals surface area contributed by atoms with E-state index >= 15 is 0 Å². The van der Waals surface area contributed by atoms with Crippen molar-refractivity contribution < 1.29 is 40.6 Å². The molecule has 1 heterocycles. The molecular formula is C27H29F6NO3. The maximum absolute atomic E-state index is 13.4. The Bertz CT molecular complexity index is 1050. The van der Waals surface area contributed by atoms with Gasteiger partial charge in [0.25, 0.3) is 0 Å². The first-order chi connectivity index (χ1) is 17.4. The second-order valence-corrected chi connectivity index (χ2v) is 8.95. The fourth-order valence-corrected chi connectivity index (χ4v) is 4.20. The van der Waals surface area contributed by atoms with E-state index in [1.54, 1.807) is 42.6 Å². The van der Waals surface area contributed by atoms with Crippen molar-refractivity contribution in [1.82, 2.24) is 4.90 Å². The van der Waals surface area contributed by atoms with E-state index in [0.29, 0.717) is 37.0 Å². The molecule has 0 saturated heterocycles. The fourth-order valence-electron chi connectivity index (χ4n) is 4.20. The SMILES string of the molecule is CCCCOC(=O)N1C=CCC[C@@]1(CO[C@H](C)c1cc(C(F)(F)F)cc(C(F)(F)F)c1)c1ccccc1. The minimum absolute atomic E-state index is 0.0850. The number of rotatable bonds is 8. The second-order valence-electron chi connectivity index (χ2n) is 8.95. The number of ether oxygens (including phenoxy) is 2. The summed E-state index contributed by atoms with van der Waals surface area (Å²) in [6, 6.07) is 10.4. The maximum atomic E-state index is 13.4. The van der Waals surface area contributed by atoms with E-state index in [9.17, 15) is 31.1 Å². The Labute approximate surface area is 211 Å². The van der Waals surface area contributed by atoms with Crippen LogP contribution in [0.25, 0.3) is 0 Å². The molecule has 1 aliphatic heterocycles. The van der Waals surface area contributed by atoms with E-state index in [0.717, 1.165) is 6.42 Å². The molecule has 0 radical (unpaired) electrons. The molecule has 202 valence electrons. The highest BCUT2D eigenvalue weighted by atomic mass is 19.4. The van der Waals surface area contributed by atoms with Crippen molar-refractivity contribution in [2.24, 2.45) is 0 Å². The van der Waals surface area contributed by atoms with Gasteiger partial charge >= 0.3 is 18.4 Å². The van der Waals surface area contributed by atoms with Gasteiger partial charge in [0.1, 0.15) is 0 Å². The molecule has 0 N–H and O–H groups in total. The van der Waals surface area contributed by atoms with E-state index in [1.807, 2.05) is 6.92 Å². The van der Waals surface area contributed by atoms with Gasteiger partial charge < -0.3 is 9.47 Å². The lowest BCUT2D eigenvalue weighted by Crippen LogP contribution is -2.51. The molecule has 1 aliphatic rings. The molecule has 1 amide bonds. The lowest BCUT2D eigenvalue weighted by molar-refractivity contribution is -0.143. The van der Waals surface area contributed by atoms with Crippen LogP contribution in [0.5, 0.6) is 0 Å². The molecule has 3 rings (SSSR count). The van der Waals surface area contributed by atoms with Gasteiger partial charge in [0.05, 0.1) is 36.0 Å². The molecule has 0 saturated carbocycles. The summed E-state index contributed by atoms with van der Waals surface area (Å²) < 4.78 is 91.5. The Hall–Kier alpha value is -3.01. The molecule has 0 bridgehead atoms. The van der Waals surface area contributed by atoms with Gasteiger partial charge in [-0.15, -0.1) is 0 Å². The van der Waals surface area contributed by atoms with Gasteiger partial charge in [-0.05, 0) is 55.5 Å². The number of carbonyl (C=O) groups is 1. The summed E-state index contributed by atoms with van der Waals surface area (Å²) in [5.41, 5.74) is -3.45. The van der Waals surface area contributed by atoms with Gasteiger partial charge in [-0.3, -0.25) is 4.90 Å². The Morgan fingerprint density at radius 2 is 1.65 bits per heavy atom. The topological polar surface area (TPSA) is 38.8 Å². The van der Waals surface area contributed by atoms with E-state index in [-0.39, 0.29) is 24.8 Å². The average molecular weight is 530 g/mol. The van der Waals surface area contributed by atoms with Crippen molar-refractivity contribution in [2.45, 2.75) is 63.5 Å². The first-order valence-corrected chi connectivity index (χ1v) is 12.0. The lowest BCUT2D eigenvalue weighted by Gasteiger charge is -2.44. The third-order valence-corrected chi connectivity index (χ3v) is 6.32. The van der Waals surface area contributed by atoms with E-state index in [2.05, 4.69) is 0 Å².